The smallest absolute Gasteiger partial charge is 0.405 e. The topological polar surface area (TPSA) is 71.0 Å². The monoisotopic (exact) mass is 410 g/mol. The fourth-order valence-electron chi connectivity index (χ4n) is 4.49. The van der Waals surface area contributed by atoms with Gasteiger partial charge in [-0.05, 0) is 46.2 Å². The van der Waals surface area contributed by atoms with Crippen molar-refractivity contribution in [2.24, 2.45) is 5.41 Å². The van der Waals surface area contributed by atoms with Crippen LogP contribution >= 0.6 is 0 Å². The van der Waals surface area contributed by atoms with Crippen molar-refractivity contribution in [2.75, 3.05) is 39.5 Å². The number of benzene rings is 2. The van der Waals surface area contributed by atoms with Crippen molar-refractivity contribution in [3.05, 3.63) is 53.6 Å². The SMILES string of the molecule is CC1(C)Cc2cc(-c3ccc(OCCN4CCOCC4)cc3)ccc2C1NC(=O)O. The van der Waals surface area contributed by atoms with Crippen LogP contribution in [-0.2, 0) is 11.2 Å². The number of hydrogen-bond donors (Lipinski definition) is 2. The van der Waals surface area contributed by atoms with Crippen LogP contribution in [0, 0.1) is 5.41 Å². The van der Waals surface area contributed by atoms with Crippen LogP contribution in [-0.4, -0.2) is 55.6 Å². The molecule has 1 aliphatic heterocycles. The number of carboxylic acid groups (broad SMARTS) is 1. The minimum atomic E-state index is -0.978. The van der Waals surface area contributed by atoms with Crippen LogP contribution in [0.4, 0.5) is 4.79 Å². The lowest BCUT2D eigenvalue weighted by atomic mass is 9.85. The predicted molar refractivity (Wildman–Crippen MR) is 116 cm³/mol. The molecule has 0 bridgehead atoms. The van der Waals surface area contributed by atoms with Crippen molar-refractivity contribution in [3.8, 4) is 16.9 Å². The molecule has 1 heterocycles. The zero-order valence-electron chi connectivity index (χ0n) is 17.7. The van der Waals surface area contributed by atoms with Gasteiger partial charge in [0.2, 0.25) is 0 Å². The number of nitrogens with zero attached hydrogens (tertiary/aromatic N) is 1. The molecular weight excluding hydrogens is 380 g/mol. The van der Waals surface area contributed by atoms with Gasteiger partial charge in [-0.3, -0.25) is 4.90 Å². The summed E-state index contributed by atoms with van der Waals surface area (Å²) in [7, 11) is 0. The molecule has 0 saturated carbocycles. The van der Waals surface area contributed by atoms with Gasteiger partial charge in [-0.15, -0.1) is 0 Å². The number of amides is 1. The standard InChI is InChI=1S/C24H30N2O4/c1-24(2)16-19-15-18(5-8-21(19)22(24)25-23(27)28)17-3-6-20(7-4-17)30-14-11-26-9-12-29-13-10-26/h3-8,15,22,25H,9-14,16H2,1-2H3,(H,27,28). The fourth-order valence-corrected chi connectivity index (χ4v) is 4.49. The minimum Gasteiger partial charge on any atom is -0.492 e. The molecule has 1 fully saturated rings. The van der Waals surface area contributed by atoms with E-state index in [2.05, 4.69) is 54.4 Å². The first-order valence-corrected chi connectivity index (χ1v) is 10.6. The zero-order chi connectivity index (χ0) is 21.1. The van der Waals surface area contributed by atoms with E-state index in [4.69, 9.17) is 9.47 Å². The molecular formula is C24H30N2O4. The van der Waals surface area contributed by atoms with Crippen LogP contribution < -0.4 is 10.1 Å². The molecule has 2 N–H and O–H groups in total. The molecule has 160 valence electrons. The van der Waals surface area contributed by atoms with E-state index in [1.165, 1.54) is 5.56 Å². The van der Waals surface area contributed by atoms with Crippen molar-refractivity contribution in [2.45, 2.75) is 26.3 Å². The summed E-state index contributed by atoms with van der Waals surface area (Å²) in [5, 5.41) is 11.9. The first kappa shape index (κ1) is 20.7. The maximum Gasteiger partial charge on any atom is 0.405 e. The highest BCUT2D eigenvalue weighted by molar-refractivity contribution is 5.68. The number of ether oxygens (including phenoxy) is 2. The first-order chi connectivity index (χ1) is 14.4. The third-order valence-electron chi connectivity index (χ3n) is 6.12. The second kappa shape index (κ2) is 8.66. The maximum atomic E-state index is 11.2. The van der Waals surface area contributed by atoms with E-state index in [9.17, 15) is 9.90 Å². The van der Waals surface area contributed by atoms with Gasteiger partial charge in [0.15, 0.2) is 0 Å². The summed E-state index contributed by atoms with van der Waals surface area (Å²) in [5.41, 5.74) is 4.42. The zero-order valence-corrected chi connectivity index (χ0v) is 17.7. The molecule has 0 spiro atoms. The van der Waals surface area contributed by atoms with Gasteiger partial charge in [0.05, 0.1) is 19.3 Å². The van der Waals surface area contributed by atoms with Gasteiger partial charge in [-0.2, -0.15) is 0 Å². The number of nitrogens with one attached hydrogen (secondary N) is 1. The van der Waals surface area contributed by atoms with E-state index in [0.717, 1.165) is 61.7 Å². The maximum absolute atomic E-state index is 11.2. The summed E-state index contributed by atoms with van der Waals surface area (Å²) >= 11 is 0. The van der Waals surface area contributed by atoms with E-state index in [1.807, 2.05) is 12.1 Å². The van der Waals surface area contributed by atoms with Crippen molar-refractivity contribution < 1.29 is 19.4 Å². The predicted octanol–water partition coefficient (Wildman–Crippen LogP) is 3.96. The molecule has 6 nitrogen and oxygen atoms in total. The minimum absolute atomic E-state index is 0.141. The molecule has 2 aliphatic rings. The van der Waals surface area contributed by atoms with Gasteiger partial charge in [0.1, 0.15) is 12.4 Å². The van der Waals surface area contributed by atoms with E-state index in [-0.39, 0.29) is 11.5 Å². The van der Waals surface area contributed by atoms with Crippen LogP contribution in [0.2, 0.25) is 0 Å². The summed E-state index contributed by atoms with van der Waals surface area (Å²) in [6, 6.07) is 14.3. The highest BCUT2D eigenvalue weighted by Crippen LogP contribution is 2.46. The van der Waals surface area contributed by atoms with Crippen LogP contribution in [0.5, 0.6) is 5.75 Å². The summed E-state index contributed by atoms with van der Waals surface area (Å²) in [6.45, 7) is 9.36. The molecule has 4 rings (SSSR count). The summed E-state index contributed by atoms with van der Waals surface area (Å²) in [4.78, 5) is 13.6. The lowest BCUT2D eigenvalue weighted by Gasteiger charge is -2.27. The van der Waals surface area contributed by atoms with E-state index in [0.29, 0.717) is 6.61 Å². The number of fused-ring (bicyclic) bond motifs is 1. The molecule has 1 unspecified atom stereocenters. The van der Waals surface area contributed by atoms with Crippen molar-refractivity contribution in [3.63, 3.8) is 0 Å². The summed E-state index contributed by atoms with van der Waals surface area (Å²) in [6.07, 6.45) is -0.127. The quantitative estimate of drug-likeness (QED) is 0.754. The van der Waals surface area contributed by atoms with Gasteiger partial charge in [-0.25, -0.2) is 4.79 Å². The highest BCUT2D eigenvalue weighted by atomic mass is 16.5. The third-order valence-corrected chi connectivity index (χ3v) is 6.12. The molecule has 30 heavy (non-hydrogen) atoms. The van der Waals surface area contributed by atoms with Crippen LogP contribution in [0.3, 0.4) is 0 Å². The Hall–Kier alpha value is -2.57. The number of morpholine rings is 1. The number of carbonyl (C=O) groups is 1. The Balaban J connectivity index is 1.41. The van der Waals surface area contributed by atoms with Crippen LogP contribution in [0.15, 0.2) is 42.5 Å². The largest absolute Gasteiger partial charge is 0.492 e. The van der Waals surface area contributed by atoms with Gasteiger partial charge < -0.3 is 19.9 Å². The molecule has 1 saturated heterocycles. The molecule has 1 atom stereocenters. The third kappa shape index (κ3) is 4.60. The average Bonchev–Trinajstić information content (AvgIpc) is 2.98. The highest BCUT2D eigenvalue weighted by Gasteiger charge is 2.39. The van der Waals surface area contributed by atoms with E-state index < -0.39 is 6.09 Å². The lowest BCUT2D eigenvalue weighted by Crippen LogP contribution is -2.38. The summed E-state index contributed by atoms with van der Waals surface area (Å²) < 4.78 is 11.3. The van der Waals surface area contributed by atoms with Crippen molar-refractivity contribution in [1.29, 1.82) is 0 Å². The number of hydrogen-bond acceptors (Lipinski definition) is 4. The average molecular weight is 411 g/mol. The molecule has 1 aliphatic carbocycles. The molecule has 0 aromatic heterocycles. The normalized spacial score (nSPS) is 20.5. The Kier molecular flexibility index (Phi) is 5.97. The Labute approximate surface area is 177 Å². The van der Waals surface area contributed by atoms with Gasteiger partial charge in [0.25, 0.3) is 0 Å². The second-order valence-corrected chi connectivity index (χ2v) is 8.79. The molecule has 0 radical (unpaired) electrons. The van der Waals surface area contributed by atoms with Crippen molar-refractivity contribution >= 4 is 6.09 Å². The Bertz CT molecular complexity index is 889. The van der Waals surface area contributed by atoms with Crippen molar-refractivity contribution in [1.82, 2.24) is 10.2 Å². The summed E-state index contributed by atoms with van der Waals surface area (Å²) in [5.74, 6) is 0.875. The molecule has 2 aromatic carbocycles. The molecule has 1 amide bonds. The van der Waals surface area contributed by atoms with Crippen LogP contribution in [0.25, 0.3) is 11.1 Å². The Morgan fingerprint density at radius 3 is 2.57 bits per heavy atom. The number of rotatable bonds is 6. The fraction of sp³-hybridized carbons (Fsp3) is 0.458. The van der Waals surface area contributed by atoms with Crippen LogP contribution in [0.1, 0.15) is 31.0 Å². The Morgan fingerprint density at radius 2 is 1.87 bits per heavy atom. The molecule has 2 aromatic rings. The van der Waals surface area contributed by atoms with Gasteiger partial charge in [-0.1, -0.05) is 44.2 Å². The van der Waals surface area contributed by atoms with Gasteiger partial charge in [0, 0.05) is 19.6 Å². The first-order valence-electron chi connectivity index (χ1n) is 10.6. The van der Waals surface area contributed by atoms with E-state index >= 15 is 0 Å². The van der Waals surface area contributed by atoms with Gasteiger partial charge >= 0.3 is 6.09 Å². The Morgan fingerprint density at radius 1 is 1.17 bits per heavy atom. The lowest BCUT2D eigenvalue weighted by molar-refractivity contribution is 0.0322. The molecule has 6 heteroatoms. The van der Waals surface area contributed by atoms with E-state index in [1.54, 1.807) is 0 Å². The second-order valence-electron chi connectivity index (χ2n) is 8.79.